The smallest absolute Gasteiger partial charge is 0.314 e. The largest absolute Gasteiger partial charge is 0.416 e. The molecule has 0 atom stereocenters. The van der Waals surface area contributed by atoms with E-state index >= 15 is 0 Å². The number of hydrogen-bond donors (Lipinski definition) is 0. The molecule has 0 saturated carbocycles. The predicted octanol–water partition coefficient (Wildman–Crippen LogP) is 7.70. The maximum atomic E-state index is 13.2. The lowest BCUT2D eigenvalue weighted by molar-refractivity contribution is -0.137. The molecule has 0 aliphatic heterocycles. The van der Waals surface area contributed by atoms with Crippen molar-refractivity contribution in [1.82, 2.24) is 9.55 Å². The van der Waals surface area contributed by atoms with E-state index in [1.54, 1.807) is 18.2 Å². The molecule has 30 heavy (non-hydrogen) atoms. The minimum absolute atomic E-state index is 0.300. The average molecular weight is 467 g/mol. The van der Waals surface area contributed by atoms with E-state index in [-0.39, 0.29) is 0 Å². The number of hydrogen-bond acceptors (Lipinski definition) is 2. The summed E-state index contributed by atoms with van der Waals surface area (Å²) in [5.41, 5.74) is 2.01. The van der Waals surface area contributed by atoms with Gasteiger partial charge in [0.2, 0.25) is 0 Å². The summed E-state index contributed by atoms with van der Waals surface area (Å²) in [6.07, 6.45) is -4.42. The van der Waals surface area contributed by atoms with Gasteiger partial charge in [-0.25, -0.2) is 4.98 Å². The van der Waals surface area contributed by atoms with Crippen molar-refractivity contribution in [1.29, 1.82) is 0 Å². The standard InChI is InChI=1S/C22H15Cl2F3N2S/c23-17-7-4-8-18(24)16(17)13-30-21-28-19-11-15(22(25,26)27)9-10-20(19)29(21)12-14-5-2-1-3-6-14/h1-11H,12-13H2. The lowest BCUT2D eigenvalue weighted by Crippen LogP contribution is -2.05. The van der Waals surface area contributed by atoms with Gasteiger partial charge >= 0.3 is 6.18 Å². The molecule has 0 unspecified atom stereocenters. The summed E-state index contributed by atoms with van der Waals surface area (Å²) in [5, 5.41) is 1.68. The van der Waals surface area contributed by atoms with Gasteiger partial charge < -0.3 is 4.57 Å². The molecule has 0 spiro atoms. The highest BCUT2D eigenvalue weighted by Gasteiger charge is 2.31. The molecular weight excluding hydrogens is 452 g/mol. The first-order valence-corrected chi connectivity index (χ1v) is 10.7. The molecule has 2 nitrogen and oxygen atoms in total. The van der Waals surface area contributed by atoms with Gasteiger partial charge in [0, 0.05) is 15.8 Å². The van der Waals surface area contributed by atoms with Crippen LogP contribution in [0.4, 0.5) is 13.2 Å². The molecular formula is C22H15Cl2F3N2S. The molecule has 0 radical (unpaired) electrons. The van der Waals surface area contributed by atoms with Gasteiger partial charge in [0.15, 0.2) is 5.16 Å². The van der Waals surface area contributed by atoms with E-state index in [4.69, 9.17) is 23.2 Å². The quantitative estimate of drug-likeness (QED) is 0.280. The third-order valence-corrected chi connectivity index (χ3v) is 6.34. The van der Waals surface area contributed by atoms with Gasteiger partial charge in [-0.2, -0.15) is 13.2 Å². The number of thioether (sulfide) groups is 1. The number of alkyl halides is 3. The van der Waals surface area contributed by atoms with Crippen molar-refractivity contribution < 1.29 is 13.2 Å². The molecule has 0 aliphatic carbocycles. The number of nitrogens with zero attached hydrogens (tertiary/aromatic N) is 2. The van der Waals surface area contributed by atoms with E-state index in [1.165, 1.54) is 17.8 Å². The highest BCUT2D eigenvalue weighted by molar-refractivity contribution is 7.98. The third-order valence-electron chi connectivity index (χ3n) is 4.63. The highest BCUT2D eigenvalue weighted by atomic mass is 35.5. The molecule has 4 rings (SSSR count). The van der Waals surface area contributed by atoms with Crippen LogP contribution in [0.1, 0.15) is 16.7 Å². The van der Waals surface area contributed by atoms with Gasteiger partial charge in [-0.3, -0.25) is 0 Å². The van der Waals surface area contributed by atoms with Crippen molar-refractivity contribution in [2.24, 2.45) is 0 Å². The second kappa shape index (κ2) is 8.53. The first-order valence-electron chi connectivity index (χ1n) is 9.00. The number of halogens is 5. The van der Waals surface area contributed by atoms with Crippen LogP contribution in [0.25, 0.3) is 11.0 Å². The topological polar surface area (TPSA) is 17.8 Å². The fourth-order valence-electron chi connectivity index (χ4n) is 3.12. The zero-order valence-electron chi connectivity index (χ0n) is 15.5. The van der Waals surface area contributed by atoms with Crippen LogP contribution in [0.15, 0.2) is 71.9 Å². The number of fused-ring (bicyclic) bond motifs is 1. The molecule has 0 N–H and O–H groups in total. The zero-order valence-corrected chi connectivity index (χ0v) is 17.8. The summed E-state index contributed by atoms with van der Waals surface area (Å²) >= 11 is 13.9. The van der Waals surface area contributed by atoms with E-state index in [0.29, 0.717) is 38.5 Å². The fraction of sp³-hybridized carbons (Fsp3) is 0.136. The molecule has 1 heterocycles. The summed E-state index contributed by atoms with van der Waals surface area (Å²) in [4.78, 5) is 4.50. The van der Waals surface area contributed by atoms with Gasteiger partial charge in [-0.1, -0.05) is 71.4 Å². The Balaban J connectivity index is 1.75. The molecule has 0 saturated heterocycles. The normalized spacial score (nSPS) is 11.9. The van der Waals surface area contributed by atoms with E-state index in [1.807, 2.05) is 34.9 Å². The molecule has 0 aliphatic rings. The van der Waals surface area contributed by atoms with Gasteiger partial charge in [0.1, 0.15) is 0 Å². The Labute approximate surface area is 185 Å². The van der Waals surface area contributed by atoms with E-state index in [2.05, 4.69) is 4.98 Å². The monoisotopic (exact) mass is 466 g/mol. The molecule has 8 heteroatoms. The third kappa shape index (κ3) is 4.46. The van der Waals surface area contributed by atoms with Crippen LogP contribution < -0.4 is 0 Å². The van der Waals surface area contributed by atoms with Crippen LogP contribution in [-0.4, -0.2) is 9.55 Å². The molecule has 0 bridgehead atoms. The van der Waals surface area contributed by atoms with Gasteiger partial charge in [0.25, 0.3) is 0 Å². The Morgan fingerprint density at radius 2 is 1.60 bits per heavy atom. The summed E-state index contributed by atoms with van der Waals surface area (Å²) < 4.78 is 41.4. The minimum atomic E-state index is -4.42. The summed E-state index contributed by atoms with van der Waals surface area (Å²) in [5.74, 6) is 0.447. The van der Waals surface area contributed by atoms with Crippen LogP contribution in [0, 0.1) is 0 Å². The molecule has 154 valence electrons. The fourth-order valence-corrected chi connectivity index (χ4v) is 4.88. The Hall–Kier alpha value is -2.15. The second-order valence-electron chi connectivity index (χ2n) is 6.66. The molecule has 1 aromatic heterocycles. The van der Waals surface area contributed by atoms with E-state index in [9.17, 15) is 13.2 Å². The lowest BCUT2D eigenvalue weighted by Gasteiger charge is -2.11. The van der Waals surface area contributed by atoms with Crippen molar-refractivity contribution in [2.75, 3.05) is 0 Å². The van der Waals surface area contributed by atoms with Gasteiger partial charge in [0.05, 0.1) is 23.1 Å². The van der Waals surface area contributed by atoms with Crippen LogP contribution in [0.3, 0.4) is 0 Å². The molecule has 4 aromatic rings. The zero-order chi connectivity index (χ0) is 21.3. The van der Waals surface area contributed by atoms with Crippen molar-refractivity contribution in [3.8, 4) is 0 Å². The second-order valence-corrected chi connectivity index (χ2v) is 8.41. The van der Waals surface area contributed by atoms with E-state index in [0.717, 1.165) is 23.3 Å². The number of imidazole rings is 1. The molecule has 0 amide bonds. The Kier molecular flexibility index (Phi) is 6.00. The molecule has 3 aromatic carbocycles. The van der Waals surface area contributed by atoms with Crippen molar-refractivity contribution in [3.63, 3.8) is 0 Å². The SMILES string of the molecule is FC(F)(F)c1ccc2c(c1)nc(SCc1c(Cl)cccc1Cl)n2Cc1ccccc1. The van der Waals surface area contributed by atoms with E-state index < -0.39 is 11.7 Å². The summed E-state index contributed by atoms with van der Waals surface area (Å²) in [6, 6.07) is 18.6. The predicted molar refractivity (Wildman–Crippen MR) is 116 cm³/mol. The Morgan fingerprint density at radius 1 is 0.900 bits per heavy atom. The maximum absolute atomic E-state index is 13.2. The number of aromatic nitrogens is 2. The van der Waals surface area contributed by atoms with Gasteiger partial charge in [-0.05, 0) is 41.5 Å². The lowest BCUT2D eigenvalue weighted by atomic mass is 10.2. The average Bonchev–Trinajstić information content (AvgIpc) is 3.04. The van der Waals surface area contributed by atoms with Crippen molar-refractivity contribution in [2.45, 2.75) is 23.6 Å². The van der Waals surface area contributed by atoms with Crippen molar-refractivity contribution >= 4 is 46.0 Å². The van der Waals surface area contributed by atoms with Crippen LogP contribution in [-0.2, 0) is 18.5 Å². The van der Waals surface area contributed by atoms with Crippen LogP contribution in [0.5, 0.6) is 0 Å². The first-order chi connectivity index (χ1) is 14.3. The number of benzene rings is 3. The van der Waals surface area contributed by atoms with Crippen LogP contribution in [0.2, 0.25) is 10.0 Å². The first kappa shape index (κ1) is 21.1. The van der Waals surface area contributed by atoms with Crippen molar-refractivity contribution in [3.05, 3.63) is 93.5 Å². The maximum Gasteiger partial charge on any atom is 0.416 e. The highest BCUT2D eigenvalue weighted by Crippen LogP contribution is 2.35. The summed E-state index contributed by atoms with van der Waals surface area (Å²) in [6.45, 7) is 0.487. The molecule has 0 fully saturated rings. The minimum Gasteiger partial charge on any atom is -0.314 e. The Bertz CT molecular complexity index is 1170. The van der Waals surface area contributed by atoms with Gasteiger partial charge in [-0.15, -0.1) is 0 Å². The summed E-state index contributed by atoms with van der Waals surface area (Å²) in [7, 11) is 0. The number of rotatable bonds is 5. The van der Waals surface area contributed by atoms with Crippen LogP contribution >= 0.6 is 35.0 Å². The Morgan fingerprint density at radius 3 is 2.27 bits per heavy atom.